The SMILES string of the molecule is CC(=O)N[C@H](Cc1cccc(F)c1)C(=O)N[C@@H](Cc1cnc2ccccc2n1)C(=O)O. The Balaban J connectivity index is 1.75. The molecule has 0 fully saturated rings. The van der Waals surface area contributed by atoms with Gasteiger partial charge in [0.1, 0.15) is 17.9 Å². The van der Waals surface area contributed by atoms with Crippen LogP contribution in [-0.4, -0.2) is 44.9 Å². The lowest BCUT2D eigenvalue weighted by Crippen LogP contribution is -2.52. The number of carbonyl (C=O) groups is 3. The second-order valence-electron chi connectivity index (χ2n) is 7.04. The summed E-state index contributed by atoms with van der Waals surface area (Å²) in [6.45, 7) is 1.24. The minimum absolute atomic E-state index is 0.00525. The highest BCUT2D eigenvalue weighted by Crippen LogP contribution is 2.11. The molecular weight excluding hydrogens is 403 g/mol. The maximum absolute atomic E-state index is 13.5. The van der Waals surface area contributed by atoms with Crippen molar-refractivity contribution in [3.05, 3.63) is 71.8 Å². The van der Waals surface area contributed by atoms with E-state index in [2.05, 4.69) is 20.6 Å². The summed E-state index contributed by atoms with van der Waals surface area (Å²) < 4.78 is 13.5. The van der Waals surface area contributed by atoms with Gasteiger partial charge in [-0.3, -0.25) is 14.6 Å². The van der Waals surface area contributed by atoms with Crippen LogP contribution in [0.4, 0.5) is 4.39 Å². The summed E-state index contributed by atoms with van der Waals surface area (Å²) in [4.78, 5) is 44.7. The van der Waals surface area contributed by atoms with Crippen LogP contribution in [0.25, 0.3) is 11.0 Å². The summed E-state index contributed by atoms with van der Waals surface area (Å²) >= 11 is 0. The Bertz CT molecular complexity index is 1120. The average Bonchev–Trinajstić information content (AvgIpc) is 2.72. The molecule has 0 aliphatic rings. The number of hydrogen-bond acceptors (Lipinski definition) is 5. The van der Waals surface area contributed by atoms with E-state index in [0.29, 0.717) is 22.3 Å². The summed E-state index contributed by atoms with van der Waals surface area (Å²) in [6.07, 6.45) is 1.37. The Hall–Kier alpha value is -3.88. The first kappa shape index (κ1) is 21.8. The van der Waals surface area contributed by atoms with Crippen molar-refractivity contribution in [3.63, 3.8) is 0 Å². The van der Waals surface area contributed by atoms with Gasteiger partial charge in [-0.15, -0.1) is 0 Å². The number of aliphatic carboxylic acids is 1. The number of nitrogens with zero attached hydrogens (tertiary/aromatic N) is 2. The predicted octanol–water partition coefficient (Wildman–Crippen LogP) is 1.63. The smallest absolute Gasteiger partial charge is 0.326 e. The lowest BCUT2D eigenvalue weighted by Gasteiger charge is -2.21. The molecule has 2 aromatic carbocycles. The molecule has 0 unspecified atom stereocenters. The normalized spacial score (nSPS) is 12.7. The number of halogens is 1. The number of nitrogens with one attached hydrogen (secondary N) is 2. The number of carbonyl (C=O) groups excluding carboxylic acids is 2. The van der Waals surface area contributed by atoms with E-state index < -0.39 is 35.7 Å². The van der Waals surface area contributed by atoms with Gasteiger partial charge in [-0.25, -0.2) is 14.2 Å². The molecule has 0 saturated heterocycles. The van der Waals surface area contributed by atoms with E-state index in [0.717, 1.165) is 0 Å². The molecule has 0 aliphatic heterocycles. The molecule has 0 spiro atoms. The van der Waals surface area contributed by atoms with Gasteiger partial charge in [0.2, 0.25) is 11.8 Å². The van der Waals surface area contributed by atoms with E-state index in [1.165, 1.54) is 31.3 Å². The molecule has 160 valence electrons. The van der Waals surface area contributed by atoms with Crippen molar-refractivity contribution in [1.29, 1.82) is 0 Å². The number of carboxylic acid groups (broad SMARTS) is 1. The number of rotatable bonds is 8. The average molecular weight is 424 g/mol. The zero-order valence-corrected chi connectivity index (χ0v) is 16.7. The zero-order valence-electron chi connectivity index (χ0n) is 16.7. The van der Waals surface area contributed by atoms with Crippen LogP contribution >= 0.6 is 0 Å². The third kappa shape index (κ3) is 6.05. The molecular formula is C22H21FN4O4. The summed E-state index contributed by atoms with van der Waals surface area (Å²) in [5, 5.41) is 14.5. The number of hydrogen-bond donors (Lipinski definition) is 3. The van der Waals surface area contributed by atoms with Crippen molar-refractivity contribution in [2.75, 3.05) is 0 Å². The molecule has 8 nitrogen and oxygen atoms in total. The number of fused-ring (bicyclic) bond motifs is 1. The van der Waals surface area contributed by atoms with Crippen LogP contribution in [0.1, 0.15) is 18.2 Å². The van der Waals surface area contributed by atoms with Crippen LogP contribution in [0.2, 0.25) is 0 Å². The summed E-state index contributed by atoms with van der Waals surface area (Å²) in [7, 11) is 0. The fourth-order valence-electron chi connectivity index (χ4n) is 3.13. The molecule has 3 N–H and O–H groups in total. The van der Waals surface area contributed by atoms with Gasteiger partial charge in [-0.05, 0) is 29.8 Å². The van der Waals surface area contributed by atoms with Crippen LogP contribution in [0.3, 0.4) is 0 Å². The number of amides is 2. The highest BCUT2D eigenvalue weighted by Gasteiger charge is 2.27. The predicted molar refractivity (Wildman–Crippen MR) is 111 cm³/mol. The topological polar surface area (TPSA) is 121 Å². The van der Waals surface area contributed by atoms with E-state index in [4.69, 9.17) is 0 Å². The molecule has 3 aromatic rings. The molecule has 0 bridgehead atoms. The molecule has 2 atom stereocenters. The zero-order chi connectivity index (χ0) is 22.4. The van der Waals surface area contributed by atoms with Crippen LogP contribution in [0, 0.1) is 5.82 Å². The van der Waals surface area contributed by atoms with E-state index in [1.54, 1.807) is 24.3 Å². The standard InChI is InChI=1S/C22H21FN4O4/c1-13(28)25-19(10-14-5-4-6-15(23)9-14)21(29)27-20(22(30)31)11-16-12-24-17-7-2-3-8-18(17)26-16/h2-9,12,19-20H,10-11H2,1H3,(H,25,28)(H,27,29)(H,30,31)/t19-,20+/m1/s1. The third-order valence-corrected chi connectivity index (χ3v) is 4.55. The van der Waals surface area contributed by atoms with Gasteiger partial charge >= 0.3 is 5.97 Å². The van der Waals surface area contributed by atoms with Gasteiger partial charge in [0.15, 0.2) is 0 Å². The molecule has 2 amide bonds. The molecule has 3 rings (SSSR count). The Labute approximate surface area is 177 Å². The van der Waals surface area contributed by atoms with Gasteiger partial charge in [0.05, 0.1) is 16.7 Å². The van der Waals surface area contributed by atoms with Crippen molar-refractivity contribution >= 4 is 28.8 Å². The van der Waals surface area contributed by atoms with Crippen molar-refractivity contribution in [2.45, 2.75) is 31.8 Å². The molecule has 0 saturated carbocycles. The second kappa shape index (κ2) is 9.75. The quantitative estimate of drug-likeness (QED) is 0.505. The number of carboxylic acids is 1. The first-order valence-electron chi connectivity index (χ1n) is 9.57. The summed E-state index contributed by atoms with van der Waals surface area (Å²) in [5.74, 6) is -2.89. The van der Waals surface area contributed by atoms with Crippen LogP contribution < -0.4 is 10.6 Å². The van der Waals surface area contributed by atoms with Crippen molar-refractivity contribution in [2.24, 2.45) is 0 Å². The molecule has 1 heterocycles. The highest BCUT2D eigenvalue weighted by molar-refractivity contribution is 5.90. The largest absolute Gasteiger partial charge is 0.480 e. The van der Waals surface area contributed by atoms with E-state index >= 15 is 0 Å². The van der Waals surface area contributed by atoms with Gasteiger partial charge in [-0.2, -0.15) is 0 Å². The van der Waals surface area contributed by atoms with Crippen LogP contribution in [-0.2, 0) is 27.2 Å². The minimum atomic E-state index is -1.29. The molecule has 0 aliphatic carbocycles. The van der Waals surface area contributed by atoms with E-state index in [-0.39, 0.29) is 12.8 Å². The highest BCUT2D eigenvalue weighted by atomic mass is 19.1. The Kier molecular flexibility index (Phi) is 6.86. The molecule has 0 radical (unpaired) electrons. The van der Waals surface area contributed by atoms with Crippen LogP contribution in [0.15, 0.2) is 54.7 Å². The minimum Gasteiger partial charge on any atom is -0.480 e. The van der Waals surface area contributed by atoms with Gasteiger partial charge in [-0.1, -0.05) is 24.3 Å². The third-order valence-electron chi connectivity index (χ3n) is 4.55. The lowest BCUT2D eigenvalue weighted by atomic mass is 10.0. The first-order chi connectivity index (χ1) is 14.8. The molecule has 9 heteroatoms. The first-order valence-corrected chi connectivity index (χ1v) is 9.57. The fraction of sp³-hybridized carbons (Fsp3) is 0.227. The summed E-state index contributed by atoms with van der Waals surface area (Å²) in [6, 6.07) is 10.4. The number of benzene rings is 2. The van der Waals surface area contributed by atoms with E-state index in [1.807, 2.05) is 6.07 Å². The van der Waals surface area contributed by atoms with Gasteiger partial charge in [0, 0.05) is 26.0 Å². The Morgan fingerprint density at radius 2 is 1.74 bits per heavy atom. The van der Waals surface area contributed by atoms with Gasteiger partial charge in [0.25, 0.3) is 0 Å². The van der Waals surface area contributed by atoms with Crippen LogP contribution in [0.5, 0.6) is 0 Å². The Morgan fingerprint density at radius 1 is 1.00 bits per heavy atom. The van der Waals surface area contributed by atoms with Crippen molar-refractivity contribution in [3.8, 4) is 0 Å². The monoisotopic (exact) mass is 424 g/mol. The second-order valence-corrected chi connectivity index (χ2v) is 7.04. The number of aromatic nitrogens is 2. The Morgan fingerprint density at radius 3 is 2.42 bits per heavy atom. The number of para-hydroxylation sites is 2. The van der Waals surface area contributed by atoms with Gasteiger partial charge < -0.3 is 15.7 Å². The van der Waals surface area contributed by atoms with Crippen molar-refractivity contribution in [1.82, 2.24) is 20.6 Å². The summed E-state index contributed by atoms with van der Waals surface area (Å²) in [5.41, 5.74) is 2.16. The lowest BCUT2D eigenvalue weighted by molar-refractivity contribution is -0.142. The molecule has 31 heavy (non-hydrogen) atoms. The van der Waals surface area contributed by atoms with Crippen molar-refractivity contribution < 1.29 is 23.9 Å². The molecule has 1 aromatic heterocycles. The van der Waals surface area contributed by atoms with E-state index in [9.17, 15) is 23.9 Å². The maximum Gasteiger partial charge on any atom is 0.326 e. The fourth-order valence-corrected chi connectivity index (χ4v) is 3.13. The maximum atomic E-state index is 13.5.